The Balaban J connectivity index is 1.75. The van der Waals surface area contributed by atoms with E-state index in [0.29, 0.717) is 6.61 Å². The molecule has 3 heteroatoms. The van der Waals surface area contributed by atoms with E-state index >= 15 is 0 Å². The Bertz CT molecular complexity index is 291. The summed E-state index contributed by atoms with van der Waals surface area (Å²) in [6, 6.07) is 10.3. The Morgan fingerprint density at radius 3 is 2.80 bits per heavy atom. The molecule has 1 aliphatic rings. The summed E-state index contributed by atoms with van der Waals surface area (Å²) in [5, 5.41) is 2.11. The summed E-state index contributed by atoms with van der Waals surface area (Å²) in [6.07, 6.45) is 1.28. The molecule has 1 fully saturated rings. The van der Waals surface area contributed by atoms with Crippen LogP contribution in [0.25, 0.3) is 0 Å². The lowest BCUT2D eigenvalue weighted by molar-refractivity contribution is -0.155. The number of nitrogens with zero attached hydrogens (tertiary/aromatic N) is 1. The van der Waals surface area contributed by atoms with Crippen molar-refractivity contribution in [2.45, 2.75) is 13.0 Å². The maximum Gasteiger partial charge on any atom is 0.0935 e. The standard InChI is InChI=1S/C12H16INO/c13-8-12-6-7-14(9-12)15-10-11-4-2-1-3-5-11/h1-5,12H,6-10H2. The molecule has 1 aromatic carbocycles. The average Bonchev–Trinajstić information content (AvgIpc) is 2.76. The van der Waals surface area contributed by atoms with Gasteiger partial charge in [-0.1, -0.05) is 52.9 Å². The fourth-order valence-electron chi connectivity index (χ4n) is 1.78. The van der Waals surface area contributed by atoms with E-state index in [1.807, 2.05) is 6.07 Å². The predicted molar refractivity (Wildman–Crippen MR) is 69.8 cm³/mol. The maximum absolute atomic E-state index is 5.75. The smallest absolute Gasteiger partial charge is 0.0935 e. The monoisotopic (exact) mass is 317 g/mol. The lowest BCUT2D eigenvalue weighted by atomic mass is 10.2. The maximum atomic E-state index is 5.75. The molecule has 1 aromatic rings. The van der Waals surface area contributed by atoms with E-state index in [-0.39, 0.29) is 0 Å². The quantitative estimate of drug-likeness (QED) is 0.625. The number of hydrogen-bond donors (Lipinski definition) is 0. The average molecular weight is 317 g/mol. The Labute approximate surface area is 105 Å². The zero-order chi connectivity index (χ0) is 10.5. The molecule has 0 aromatic heterocycles. The van der Waals surface area contributed by atoms with Gasteiger partial charge in [0.15, 0.2) is 0 Å². The van der Waals surface area contributed by atoms with Crippen molar-refractivity contribution in [3.05, 3.63) is 35.9 Å². The normalized spacial score (nSPS) is 22.1. The van der Waals surface area contributed by atoms with Crippen LogP contribution in [0, 0.1) is 5.92 Å². The minimum absolute atomic E-state index is 0.703. The van der Waals surface area contributed by atoms with Crippen LogP contribution in [0.2, 0.25) is 0 Å². The molecule has 0 bridgehead atoms. The molecule has 2 rings (SSSR count). The molecule has 82 valence electrons. The Kier molecular flexibility index (Phi) is 4.41. The summed E-state index contributed by atoms with van der Waals surface area (Å²) in [5.41, 5.74) is 1.25. The summed E-state index contributed by atoms with van der Waals surface area (Å²) in [6.45, 7) is 2.88. The van der Waals surface area contributed by atoms with Gasteiger partial charge < -0.3 is 0 Å². The lowest BCUT2D eigenvalue weighted by Gasteiger charge is -2.15. The molecule has 1 saturated heterocycles. The fourth-order valence-corrected chi connectivity index (χ4v) is 2.50. The molecular weight excluding hydrogens is 301 g/mol. The largest absolute Gasteiger partial charge is 0.294 e. The number of hydrogen-bond acceptors (Lipinski definition) is 2. The Morgan fingerprint density at radius 1 is 1.33 bits per heavy atom. The van der Waals surface area contributed by atoms with Crippen molar-refractivity contribution in [2.75, 3.05) is 17.5 Å². The zero-order valence-corrected chi connectivity index (χ0v) is 10.9. The second-order valence-electron chi connectivity index (χ2n) is 3.96. The van der Waals surface area contributed by atoms with Crippen LogP contribution in [0.15, 0.2) is 30.3 Å². The van der Waals surface area contributed by atoms with Gasteiger partial charge in [-0.15, -0.1) is 0 Å². The van der Waals surface area contributed by atoms with E-state index in [0.717, 1.165) is 19.0 Å². The van der Waals surface area contributed by atoms with Gasteiger partial charge in [0.1, 0.15) is 0 Å². The third-order valence-electron chi connectivity index (χ3n) is 2.72. The molecule has 1 heterocycles. The molecule has 0 saturated carbocycles. The molecule has 2 nitrogen and oxygen atoms in total. The highest BCUT2D eigenvalue weighted by molar-refractivity contribution is 14.1. The highest BCUT2D eigenvalue weighted by atomic mass is 127. The molecule has 0 N–H and O–H groups in total. The third-order valence-corrected chi connectivity index (χ3v) is 3.97. The lowest BCUT2D eigenvalue weighted by Crippen LogP contribution is -2.21. The highest BCUT2D eigenvalue weighted by Crippen LogP contribution is 2.19. The first kappa shape index (κ1) is 11.4. The van der Waals surface area contributed by atoms with Crippen LogP contribution < -0.4 is 0 Å². The molecule has 1 atom stereocenters. The summed E-state index contributed by atoms with van der Waals surface area (Å²) in [7, 11) is 0. The van der Waals surface area contributed by atoms with Crippen LogP contribution in [0.5, 0.6) is 0 Å². The second kappa shape index (κ2) is 5.82. The number of hydroxylamine groups is 2. The number of halogens is 1. The van der Waals surface area contributed by atoms with Crippen LogP contribution in [0.3, 0.4) is 0 Å². The van der Waals surface area contributed by atoms with E-state index in [1.165, 1.54) is 16.4 Å². The van der Waals surface area contributed by atoms with E-state index in [1.54, 1.807) is 0 Å². The molecule has 0 aliphatic carbocycles. The van der Waals surface area contributed by atoms with E-state index < -0.39 is 0 Å². The number of rotatable bonds is 4. The second-order valence-corrected chi connectivity index (χ2v) is 4.84. The van der Waals surface area contributed by atoms with Gasteiger partial charge in [0, 0.05) is 17.5 Å². The minimum Gasteiger partial charge on any atom is -0.294 e. The van der Waals surface area contributed by atoms with Gasteiger partial charge in [-0.3, -0.25) is 4.84 Å². The molecule has 1 aliphatic heterocycles. The first-order valence-corrected chi connectivity index (χ1v) is 6.89. The van der Waals surface area contributed by atoms with Gasteiger partial charge in [-0.05, 0) is 17.9 Å². The van der Waals surface area contributed by atoms with Crippen LogP contribution in [-0.4, -0.2) is 22.6 Å². The van der Waals surface area contributed by atoms with Gasteiger partial charge in [0.25, 0.3) is 0 Å². The van der Waals surface area contributed by atoms with Crippen molar-refractivity contribution in [3.8, 4) is 0 Å². The molecule has 0 spiro atoms. The number of benzene rings is 1. The highest BCUT2D eigenvalue weighted by Gasteiger charge is 2.21. The third kappa shape index (κ3) is 3.43. The fraction of sp³-hybridized carbons (Fsp3) is 0.500. The van der Waals surface area contributed by atoms with Crippen molar-refractivity contribution in [1.29, 1.82) is 0 Å². The van der Waals surface area contributed by atoms with Crippen LogP contribution in [0.1, 0.15) is 12.0 Å². The van der Waals surface area contributed by atoms with E-state index in [4.69, 9.17) is 4.84 Å². The summed E-state index contributed by atoms with van der Waals surface area (Å²) in [5.74, 6) is 0.821. The van der Waals surface area contributed by atoms with Crippen molar-refractivity contribution >= 4 is 22.6 Å². The van der Waals surface area contributed by atoms with Gasteiger partial charge >= 0.3 is 0 Å². The van der Waals surface area contributed by atoms with Gasteiger partial charge in [-0.2, -0.15) is 5.06 Å². The van der Waals surface area contributed by atoms with Gasteiger partial charge in [0.2, 0.25) is 0 Å². The van der Waals surface area contributed by atoms with Crippen LogP contribution in [-0.2, 0) is 11.4 Å². The van der Waals surface area contributed by atoms with Crippen molar-refractivity contribution in [1.82, 2.24) is 5.06 Å². The summed E-state index contributed by atoms with van der Waals surface area (Å²) in [4.78, 5) is 5.75. The van der Waals surface area contributed by atoms with Crippen LogP contribution >= 0.6 is 22.6 Å². The topological polar surface area (TPSA) is 12.5 Å². The van der Waals surface area contributed by atoms with Gasteiger partial charge in [-0.25, -0.2) is 0 Å². The Morgan fingerprint density at radius 2 is 2.13 bits per heavy atom. The molecule has 0 radical (unpaired) electrons. The van der Waals surface area contributed by atoms with Crippen molar-refractivity contribution in [2.24, 2.45) is 5.92 Å². The minimum atomic E-state index is 0.703. The summed E-state index contributed by atoms with van der Waals surface area (Å²) >= 11 is 2.46. The van der Waals surface area contributed by atoms with Gasteiger partial charge in [0.05, 0.1) is 6.61 Å². The van der Waals surface area contributed by atoms with Crippen molar-refractivity contribution in [3.63, 3.8) is 0 Å². The van der Waals surface area contributed by atoms with E-state index in [2.05, 4.69) is 51.9 Å². The first-order valence-electron chi connectivity index (χ1n) is 5.36. The SMILES string of the molecule is ICC1CCN(OCc2ccccc2)C1. The molecular formula is C12H16INO. The molecule has 15 heavy (non-hydrogen) atoms. The van der Waals surface area contributed by atoms with Crippen LogP contribution in [0.4, 0.5) is 0 Å². The van der Waals surface area contributed by atoms with E-state index in [9.17, 15) is 0 Å². The predicted octanol–water partition coefficient (Wildman–Crippen LogP) is 2.88. The molecule has 1 unspecified atom stereocenters. The van der Waals surface area contributed by atoms with Crippen molar-refractivity contribution < 1.29 is 4.84 Å². The molecule has 0 amide bonds. The Hall–Kier alpha value is -0.130. The number of alkyl halides is 1. The zero-order valence-electron chi connectivity index (χ0n) is 8.73. The summed E-state index contributed by atoms with van der Waals surface area (Å²) < 4.78 is 1.24. The first-order chi connectivity index (χ1) is 7.38.